The third kappa shape index (κ3) is 4.10. The van der Waals surface area contributed by atoms with Gasteiger partial charge in [-0.2, -0.15) is 0 Å². The summed E-state index contributed by atoms with van der Waals surface area (Å²) in [7, 11) is 0. The van der Waals surface area contributed by atoms with E-state index in [2.05, 4.69) is 25.2 Å². The minimum absolute atomic E-state index is 0.0136. The lowest BCUT2D eigenvalue weighted by Gasteiger charge is -2.16. The van der Waals surface area contributed by atoms with Gasteiger partial charge in [-0.1, -0.05) is 50.2 Å². The number of benzene rings is 2. The van der Waals surface area contributed by atoms with Crippen molar-refractivity contribution in [2.24, 2.45) is 0 Å². The van der Waals surface area contributed by atoms with Gasteiger partial charge in [-0.25, -0.2) is 0 Å². The van der Waals surface area contributed by atoms with Crippen molar-refractivity contribution < 1.29 is 9.53 Å². The van der Waals surface area contributed by atoms with Gasteiger partial charge in [0.05, 0.1) is 0 Å². The van der Waals surface area contributed by atoms with Crippen molar-refractivity contribution in [2.45, 2.75) is 33.1 Å². The van der Waals surface area contributed by atoms with Gasteiger partial charge in [-0.3, -0.25) is 4.79 Å². The average molecular weight is 297 g/mol. The number of rotatable bonds is 6. The summed E-state index contributed by atoms with van der Waals surface area (Å²) in [6.07, 6.45) is 1.03. The first-order valence-corrected chi connectivity index (χ1v) is 7.69. The van der Waals surface area contributed by atoms with Crippen molar-refractivity contribution in [3.63, 3.8) is 0 Å². The number of ether oxygens (including phenoxy) is 1. The van der Waals surface area contributed by atoms with Gasteiger partial charge in [0.15, 0.2) is 6.61 Å². The number of carbonyl (C=O) groups excluding carboxylic acids is 1. The van der Waals surface area contributed by atoms with Crippen molar-refractivity contribution in [3.8, 4) is 5.75 Å². The molecule has 0 aliphatic carbocycles. The zero-order valence-corrected chi connectivity index (χ0v) is 13.4. The quantitative estimate of drug-likeness (QED) is 0.851. The summed E-state index contributed by atoms with van der Waals surface area (Å²) >= 11 is 0. The number of hydrogen-bond acceptors (Lipinski definition) is 2. The van der Waals surface area contributed by atoms with Crippen molar-refractivity contribution in [1.82, 2.24) is 0 Å². The molecule has 1 atom stereocenters. The predicted octanol–water partition coefficient (Wildman–Crippen LogP) is 4.53. The van der Waals surface area contributed by atoms with Gasteiger partial charge < -0.3 is 10.1 Å². The number of hydrogen-bond donors (Lipinski definition) is 1. The smallest absolute Gasteiger partial charge is 0.262 e. The molecular formula is C19H23NO2. The van der Waals surface area contributed by atoms with E-state index in [1.165, 1.54) is 0 Å². The Labute approximate surface area is 132 Å². The largest absolute Gasteiger partial charge is 0.483 e. The minimum atomic E-state index is -0.140. The molecule has 22 heavy (non-hydrogen) atoms. The van der Waals surface area contributed by atoms with E-state index < -0.39 is 0 Å². The first kappa shape index (κ1) is 16.1. The number of anilines is 1. The SMILES string of the molecule is CC[C@H](C)c1ccccc1NC(=O)COc1ccccc1C. The van der Waals surface area contributed by atoms with Gasteiger partial charge >= 0.3 is 0 Å². The van der Waals surface area contributed by atoms with Crippen LogP contribution in [0, 0.1) is 6.92 Å². The second-order valence-corrected chi connectivity index (χ2v) is 5.50. The Morgan fingerprint density at radius 3 is 2.55 bits per heavy atom. The maximum Gasteiger partial charge on any atom is 0.262 e. The van der Waals surface area contributed by atoms with Gasteiger partial charge in [-0.05, 0) is 42.5 Å². The Bertz CT molecular complexity index is 637. The second-order valence-electron chi connectivity index (χ2n) is 5.50. The van der Waals surface area contributed by atoms with Crippen LogP contribution in [-0.2, 0) is 4.79 Å². The lowest BCUT2D eigenvalue weighted by Crippen LogP contribution is -2.21. The molecule has 0 fully saturated rings. The number of carbonyl (C=O) groups is 1. The molecule has 1 N–H and O–H groups in total. The van der Waals surface area contributed by atoms with Crippen LogP contribution in [0.4, 0.5) is 5.69 Å². The van der Waals surface area contributed by atoms with Gasteiger partial charge in [0.2, 0.25) is 0 Å². The highest BCUT2D eigenvalue weighted by molar-refractivity contribution is 5.92. The molecule has 0 spiro atoms. The van der Waals surface area contributed by atoms with Crippen LogP contribution in [0.5, 0.6) is 5.75 Å². The molecule has 3 heteroatoms. The minimum Gasteiger partial charge on any atom is -0.483 e. The molecule has 0 aliphatic heterocycles. The third-order valence-corrected chi connectivity index (χ3v) is 3.83. The molecule has 1 amide bonds. The monoisotopic (exact) mass is 297 g/mol. The Morgan fingerprint density at radius 1 is 1.14 bits per heavy atom. The van der Waals surface area contributed by atoms with Crippen LogP contribution in [0.25, 0.3) is 0 Å². The van der Waals surface area contributed by atoms with E-state index in [9.17, 15) is 4.79 Å². The van der Waals surface area contributed by atoms with E-state index >= 15 is 0 Å². The topological polar surface area (TPSA) is 38.3 Å². The van der Waals surface area contributed by atoms with Gasteiger partial charge in [0.1, 0.15) is 5.75 Å². The molecule has 0 heterocycles. The number of para-hydroxylation sites is 2. The van der Waals surface area contributed by atoms with Crippen molar-refractivity contribution in [2.75, 3.05) is 11.9 Å². The molecule has 0 unspecified atom stereocenters. The van der Waals surface area contributed by atoms with Crippen LogP contribution in [0.15, 0.2) is 48.5 Å². The first-order valence-electron chi connectivity index (χ1n) is 7.69. The summed E-state index contributed by atoms with van der Waals surface area (Å²) in [6, 6.07) is 15.6. The Morgan fingerprint density at radius 2 is 1.82 bits per heavy atom. The summed E-state index contributed by atoms with van der Waals surface area (Å²) in [5.74, 6) is 1.01. The maximum absolute atomic E-state index is 12.1. The molecule has 2 rings (SSSR count). The molecule has 0 radical (unpaired) electrons. The van der Waals surface area contributed by atoms with E-state index in [0.29, 0.717) is 5.92 Å². The number of nitrogens with one attached hydrogen (secondary N) is 1. The lowest BCUT2D eigenvalue weighted by molar-refractivity contribution is -0.118. The summed E-state index contributed by atoms with van der Waals surface area (Å²) in [5, 5.41) is 2.95. The van der Waals surface area contributed by atoms with Gasteiger partial charge in [0, 0.05) is 5.69 Å². The van der Waals surface area contributed by atoms with Crippen LogP contribution < -0.4 is 10.1 Å². The Balaban J connectivity index is 1.99. The highest BCUT2D eigenvalue weighted by atomic mass is 16.5. The van der Waals surface area contributed by atoms with Gasteiger partial charge in [-0.15, -0.1) is 0 Å². The second kappa shape index (κ2) is 7.64. The van der Waals surface area contributed by atoms with Crippen molar-refractivity contribution in [3.05, 3.63) is 59.7 Å². The number of aryl methyl sites for hydroxylation is 1. The highest BCUT2D eigenvalue weighted by Gasteiger charge is 2.11. The standard InChI is InChI=1S/C19H23NO2/c1-4-14(2)16-10-6-7-11-17(16)20-19(21)13-22-18-12-8-5-9-15(18)3/h5-12,14H,4,13H2,1-3H3,(H,20,21)/t14-/m0/s1. The van der Waals surface area contributed by atoms with E-state index in [4.69, 9.17) is 4.74 Å². The maximum atomic E-state index is 12.1. The zero-order chi connectivity index (χ0) is 15.9. The van der Waals surface area contributed by atoms with Crippen LogP contribution in [0.1, 0.15) is 37.3 Å². The Kier molecular flexibility index (Phi) is 5.59. The predicted molar refractivity (Wildman–Crippen MR) is 90.5 cm³/mol. The van der Waals surface area contributed by atoms with Crippen LogP contribution in [-0.4, -0.2) is 12.5 Å². The fraction of sp³-hybridized carbons (Fsp3) is 0.316. The Hall–Kier alpha value is -2.29. The molecule has 3 nitrogen and oxygen atoms in total. The van der Waals surface area contributed by atoms with Crippen molar-refractivity contribution in [1.29, 1.82) is 0 Å². The normalized spacial score (nSPS) is 11.8. The lowest BCUT2D eigenvalue weighted by atomic mass is 9.97. The van der Waals surface area contributed by atoms with E-state index in [-0.39, 0.29) is 12.5 Å². The van der Waals surface area contributed by atoms with E-state index in [0.717, 1.165) is 29.0 Å². The molecule has 116 valence electrons. The van der Waals surface area contributed by atoms with E-state index in [1.807, 2.05) is 49.4 Å². The summed E-state index contributed by atoms with van der Waals surface area (Å²) < 4.78 is 5.59. The third-order valence-electron chi connectivity index (χ3n) is 3.83. The molecule has 0 aliphatic rings. The molecule has 0 aromatic heterocycles. The fourth-order valence-corrected chi connectivity index (χ4v) is 2.31. The fourth-order valence-electron chi connectivity index (χ4n) is 2.31. The van der Waals surface area contributed by atoms with Crippen molar-refractivity contribution >= 4 is 11.6 Å². The first-order chi connectivity index (χ1) is 10.6. The molecule has 2 aromatic carbocycles. The van der Waals surface area contributed by atoms with Crippen LogP contribution >= 0.6 is 0 Å². The summed E-state index contributed by atoms with van der Waals surface area (Å²) in [5.41, 5.74) is 3.06. The van der Waals surface area contributed by atoms with Crippen LogP contribution in [0.2, 0.25) is 0 Å². The highest BCUT2D eigenvalue weighted by Crippen LogP contribution is 2.26. The van der Waals surface area contributed by atoms with E-state index in [1.54, 1.807) is 0 Å². The average Bonchev–Trinajstić information content (AvgIpc) is 2.54. The molecule has 0 bridgehead atoms. The summed E-state index contributed by atoms with van der Waals surface area (Å²) in [4.78, 5) is 12.1. The van der Waals surface area contributed by atoms with Crippen LogP contribution in [0.3, 0.4) is 0 Å². The summed E-state index contributed by atoms with van der Waals surface area (Å²) in [6.45, 7) is 6.28. The molecule has 0 saturated heterocycles. The van der Waals surface area contributed by atoms with Gasteiger partial charge in [0.25, 0.3) is 5.91 Å². The molecule has 0 saturated carbocycles. The molecule has 2 aromatic rings. The molecular weight excluding hydrogens is 274 g/mol. The zero-order valence-electron chi connectivity index (χ0n) is 13.4. The number of amides is 1.